The number of aliphatic hydroxyl groups is 2. The molecule has 27 heteroatoms. The number of ether oxygens (including phenoxy) is 2. The first-order valence-electron chi connectivity index (χ1n) is 19.6. The first-order chi connectivity index (χ1) is 33.6. The molecule has 0 aliphatic carbocycles. The lowest BCUT2D eigenvalue weighted by molar-refractivity contribution is -0.207. The maximum atomic E-state index is 15.8. The molecule has 376 valence electrons. The summed E-state index contributed by atoms with van der Waals surface area (Å²) in [5.41, 5.74) is -4.07. The Morgan fingerprint density at radius 3 is 1.43 bits per heavy atom. The quantitative estimate of drug-likeness (QED) is 0.0225. The minimum absolute atomic E-state index is 0. The standard InChI is InChI=1S/C23H15F4N5O2S.C22H17F4N5O2S.I2.HI/c24-15-3-7-18(19(25)9-15)22(33,12-32-21(35)30-13-31-32)23(26,27)20-8-6-17(11-29-20)34-16-4-1-14(10-28)2-5-16;23-14-3-7-17(18(24)9-14)21(32,12-31(29)20(28)34)22(25,26)19-8-6-16(11-30-19)33-15-4-1-13(10-27)2-5-15;1-2;/h1-9,11,13,33H,12H2,(H,30,31,35);1-9,11,32H,12,29H2,(H2,28,34);;1H. The molecule has 0 spiro atoms. The molecule has 2 unspecified atom stereocenters. The van der Waals surface area contributed by atoms with Gasteiger partial charge in [-0.2, -0.15) is 28.1 Å². The van der Waals surface area contributed by atoms with Gasteiger partial charge in [0.2, 0.25) is 4.77 Å². The SMILES string of the molecule is I.II.N#Cc1ccc(Oc2ccc(C(F)(F)C(O)(CN(N)C(N)=S)c3ccc(F)cc3F)nc2)cc1.N#Cc1ccc(Oc2ccc(C(F)(F)C(O)(Cn3[nH]cnc3=S)c3ccc(F)cc3F)nc2)cc1. The zero-order chi connectivity index (χ0) is 52.3. The highest BCUT2D eigenvalue weighted by Crippen LogP contribution is 2.48. The van der Waals surface area contributed by atoms with Crippen LogP contribution in [0.2, 0.25) is 0 Å². The minimum Gasteiger partial charge on any atom is -0.456 e. The van der Waals surface area contributed by atoms with Crippen LogP contribution in [0.15, 0.2) is 128 Å². The number of hydrazine groups is 1. The Kier molecular flexibility index (Phi) is 20.7. The minimum atomic E-state index is -4.25. The van der Waals surface area contributed by atoms with Gasteiger partial charge < -0.3 is 25.4 Å². The molecule has 0 bridgehead atoms. The molecule has 0 radical (unpaired) electrons. The highest BCUT2D eigenvalue weighted by atomic mass is 128. The van der Waals surface area contributed by atoms with Crippen LogP contribution in [-0.4, -0.2) is 51.6 Å². The van der Waals surface area contributed by atoms with Crippen LogP contribution in [0.3, 0.4) is 0 Å². The topological polar surface area (TPSA) is 221 Å². The summed E-state index contributed by atoms with van der Waals surface area (Å²) in [6.45, 7) is -2.07. The predicted molar refractivity (Wildman–Crippen MR) is 278 cm³/mol. The van der Waals surface area contributed by atoms with Crippen LogP contribution in [0.5, 0.6) is 23.0 Å². The number of alkyl halides is 4. The molecule has 72 heavy (non-hydrogen) atoms. The molecule has 4 aromatic carbocycles. The normalized spacial score (nSPS) is 12.6. The lowest BCUT2D eigenvalue weighted by Crippen LogP contribution is -2.56. The summed E-state index contributed by atoms with van der Waals surface area (Å²) in [5.74, 6) is -6.90. The lowest BCUT2D eigenvalue weighted by Gasteiger charge is -2.38. The number of halogens is 11. The third kappa shape index (κ3) is 13.5. The van der Waals surface area contributed by atoms with Gasteiger partial charge in [0.15, 0.2) is 16.3 Å². The third-order valence-corrected chi connectivity index (χ3v) is 10.6. The average molecular weight is 1370 g/mol. The predicted octanol–water partition coefficient (Wildman–Crippen LogP) is 10.8. The van der Waals surface area contributed by atoms with Crippen LogP contribution in [0.1, 0.15) is 33.6 Å². The van der Waals surface area contributed by atoms with Gasteiger partial charge in [-0.1, -0.05) is 0 Å². The molecular weight excluding hydrogens is 1340 g/mol. The molecule has 7 rings (SSSR count). The highest BCUT2D eigenvalue weighted by molar-refractivity contribution is 15.0. The number of aromatic nitrogens is 5. The molecule has 0 aliphatic rings. The Bertz CT molecular complexity index is 3120. The number of nitriles is 2. The van der Waals surface area contributed by atoms with Crippen LogP contribution in [0.4, 0.5) is 35.1 Å². The number of benzene rings is 4. The van der Waals surface area contributed by atoms with Crippen molar-refractivity contribution in [2.24, 2.45) is 11.6 Å². The fraction of sp³-hybridized carbons (Fsp3) is 0.133. The first-order valence-corrected chi connectivity index (χ1v) is 26.7. The average Bonchev–Trinajstić information content (AvgIpc) is 3.75. The molecule has 3 aromatic heterocycles. The second-order valence-electron chi connectivity index (χ2n) is 14.6. The molecule has 0 saturated heterocycles. The number of H-pyrrole nitrogens is 1. The van der Waals surface area contributed by atoms with E-state index < -0.39 is 87.0 Å². The maximum absolute atomic E-state index is 15.8. The van der Waals surface area contributed by atoms with Crippen molar-refractivity contribution >= 4 is 90.8 Å². The van der Waals surface area contributed by atoms with E-state index in [1.807, 2.05) is 12.1 Å². The molecule has 0 aliphatic heterocycles. The van der Waals surface area contributed by atoms with E-state index in [9.17, 15) is 27.8 Å². The second-order valence-corrected chi connectivity index (χ2v) is 15.4. The monoisotopic (exact) mass is 1370 g/mol. The van der Waals surface area contributed by atoms with E-state index in [2.05, 4.69) is 69.5 Å². The Morgan fingerprint density at radius 1 is 0.681 bits per heavy atom. The van der Waals surface area contributed by atoms with E-state index in [4.69, 9.17) is 43.8 Å². The number of rotatable bonds is 14. The summed E-state index contributed by atoms with van der Waals surface area (Å²) >= 11 is 13.8. The summed E-state index contributed by atoms with van der Waals surface area (Å²) < 4.78 is 131. The van der Waals surface area contributed by atoms with Crippen molar-refractivity contribution in [2.45, 2.75) is 29.6 Å². The van der Waals surface area contributed by atoms with Crippen LogP contribution in [0, 0.1) is 50.7 Å². The number of hydrogen-bond donors (Lipinski definition) is 5. The molecule has 14 nitrogen and oxygen atoms in total. The third-order valence-electron chi connectivity index (χ3n) is 10.0. The number of pyridine rings is 2. The highest BCUT2D eigenvalue weighted by Gasteiger charge is 2.59. The van der Waals surface area contributed by atoms with Crippen molar-refractivity contribution in [3.05, 3.63) is 190 Å². The van der Waals surface area contributed by atoms with Crippen molar-refractivity contribution in [1.29, 1.82) is 10.5 Å². The van der Waals surface area contributed by atoms with Gasteiger partial charge in [-0.3, -0.25) is 24.8 Å². The summed E-state index contributed by atoms with van der Waals surface area (Å²) in [6, 6.07) is 23.7. The Labute approximate surface area is 454 Å². The van der Waals surface area contributed by atoms with Crippen molar-refractivity contribution in [2.75, 3.05) is 6.54 Å². The Morgan fingerprint density at radius 2 is 1.08 bits per heavy atom. The summed E-state index contributed by atoms with van der Waals surface area (Å²) in [7, 11) is 0. The van der Waals surface area contributed by atoms with Gasteiger partial charge >= 0.3 is 11.8 Å². The summed E-state index contributed by atoms with van der Waals surface area (Å²) in [5, 5.41) is 42.4. The number of thiocarbonyl (C=S) groups is 1. The van der Waals surface area contributed by atoms with Gasteiger partial charge in [-0.05, 0) is 121 Å². The summed E-state index contributed by atoms with van der Waals surface area (Å²) in [4.78, 5) is 11.1. The van der Waals surface area contributed by atoms with E-state index >= 15 is 17.6 Å². The maximum Gasteiger partial charge on any atom is 0.323 e. The molecule has 0 saturated carbocycles. The number of nitrogens with two attached hydrogens (primary N) is 2. The van der Waals surface area contributed by atoms with Crippen LogP contribution in [0.25, 0.3) is 0 Å². The number of hydrogen-bond acceptors (Lipinski definition) is 12. The van der Waals surface area contributed by atoms with Crippen molar-refractivity contribution in [1.82, 2.24) is 29.7 Å². The zero-order valence-electron chi connectivity index (χ0n) is 36.0. The largest absolute Gasteiger partial charge is 0.456 e. The van der Waals surface area contributed by atoms with Crippen LogP contribution >= 0.6 is 85.6 Å². The molecule has 7 N–H and O–H groups in total. The van der Waals surface area contributed by atoms with Crippen LogP contribution in [-0.2, 0) is 29.6 Å². The molecule has 0 amide bonds. The van der Waals surface area contributed by atoms with E-state index in [1.165, 1.54) is 54.6 Å². The molecule has 3 heterocycles. The molecule has 7 aromatic rings. The first kappa shape index (κ1) is 58.9. The number of nitrogens with zero attached hydrogens (tertiary/aromatic N) is 7. The van der Waals surface area contributed by atoms with Gasteiger partial charge in [0.05, 0.1) is 48.7 Å². The lowest BCUT2D eigenvalue weighted by atomic mass is 9.84. The Balaban J connectivity index is 0.000000298. The van der Waals surface area contributed by atoms with E-state index in [1.54, 1.807) is 0 Å². The van der Waals surface area contributed by atoms with Gasteiger partial charge in [0, 0.05) is 60.5 Å². The van der Waals surface area contributed by atoms with Crippen molar-refractivity contribution < 1.29 is 54.8 Å². The van der Waals surface area contributed by atoms with Gasteiger partial charge in [-0.25, -0.2) is 28.4 Å². The van der Waals surface area contributed by atoms with Gasteiger partial charge in [0.25, 0.3) is 0 Å². The fourth-order valence-corrected chi connectivity index (χ4v) is 6.68. The zero-order valence-corrected chi connectivity index (χ0v) is 44.3. The second kappa shape index (κ2) is 25.3. The van der Waals surface area contributed by atoms with Gasteiger partial charge in [-0.15, -0.1) is 24.0 Å². The van der Waals surface area contributed by atoms with Crippen molar-refractivity contribution in [3.8, 4) is 35.1 Å². The molecular formula is C45H33F8I3N10O4S2. The van der Waals surface area contributed by atoms with E-state index in [0.717, 1.165) is 53.7 Å². The smallest absolute Gasteiger partial charge is 0.323 e. The van der Waals surface area contributed by atoms with E-state index in [0.29, 0.717) is 51.9 Å². The van der Waals surface area contributed by atoms with Gasteiger partial charge in [0.1, 0.15) is 64.0 Å². The van der Waals surface area contributed by atoms with Crippen LogP contribution < -0.4 is 21.1 Å². The molecule has 0 fully saturated rings. The summed E-state index contributed by atoms with van der Waals surface area (Å²) in [6.07, 6.45) is 3.09. The fourth-order valence-electron chi connectivity index (χ4n) is 6.45. The number of nitrogens with one attached hydrogen (secondary N) is 1. The molecule has 2 atom stereocenters. The Hall–Kier alpha value is -5.68. The van der Waals surface area contributed by atoms with E-state index in [-0.39, 0.29) is 40.2 Å². The number of aromatic amines is 1. The van der Waals surface area contributed by atoms with Crippen molar-refractivity contribution in [3.63, 3.8) is 0 Å².